The average molecular weight is 276 g/mol. The molecular formula is C15H20N2O3. The standard InChI is InChI=1S/C15H20N2O3/c1-14(2,3)17-12(19)10(15(4,5)13(17)20)11(18)9-7-6-8-16-9/h6-8,10,16H,1-5H3. The molecule has 0 radical (unpaired) electrons. The van der Waals surface area contributed by atoms with E-state index in [1.165, 1.54) is 4.90 Å². The number of H-pyrrole nitrogens is 1. The van der Waals surface area contributed by atoms with Gasteiger partial charge in [-0.3, -0.25) is 19.3 Å². The number of carbonyl (C=O) groups is 3. The maximum Gasteiger partial charge on any atom is 0.241 e. The van der Waals surface area contributed by atoms with Gasteiger partial charge in [0.05, 0.1) is 11.1 Å². The Balaban J connectivity index is 2.47. The molecule has 0 bridgehead atoms. The molecule has 2 rings (SSSR count). The number of nitrogens with one attached hydrogen (secondary N) is 1. The zero-order valence-electron chi connectivity index (χ0n) is 12.5. The van der Waals surface area contributed by atoms with Crippen molar-refractivity contribution in [3.8, 4) is 0 Å². The summed E-state index contributed by atoms with van der Waals surface area (Å²) in [7, 11) is 0. The molecule has 2 amide bonds. The summed E-state index contributed by atoms with van der Waals surface area (Å²) in [5, 5.41) is 0. The molecule has 2 heterocycles. The van der Waals surface area contributed by atoms with Gasteiger partial charge in [-0.25, -0.2) is 0 Å². The van der Waals surface area contributed by atoms with Crippen molar-refractivity contribution in [3.05, 3.63) is 24.0 Å². The van der Waals surface area contributed by atoms with Crippen LogP contribution in [-0.2, 0) is 9.59 Å². The van der Waals surface area contributed by atoms with Gasteiger partial charge in [-0.2, -0.15) is 0 Å². The van der Waals surface area contributed by atoms with Crippen LogP contribution in [0.5, 0.6) is 0 Å². The van der Waals surface area contributed by atoms with Gasteiger partial charge >= 0.3 is 0 Å². The van der Waals surface area contributed by atoms with Crippen LogP contribution in [0.25, 0.3) is 0 Å². The molecule has 1 atom stereocenters. The fraction of sp³-hybridized carbons (Fsp3) is 0.533. The highest BCUT2D eigenvalue weighted by atomic mass is 16.2. The minimum atomic E-state index is -1.02. The number of carbonyl (C=O) groups excluding carboxylic acids is 3. The van der Waals surface area contributed by atoms with Crippen molar-refractivity contribution in [3.63, 3.8) is 0 Å². The maximum absolute atomic E-state index is 12.6. The third-order valence-electron chi connectivity index (χ3n) is 3.74. The number of aromatic nitrogens is 1. The maximum atomic E-state index is 12.6. The Morgan fingerprint density at radius 1 is 1.30 bits per heavy atom. The quantitative estimate of drug-likeness (QED) is 0.510. The lowest BCUT2D eigenvalue weighted by atomic mass is 9.78. The minimum absolute atomic E-state index is 0.292. The highest BCUT2D eigenvalue weighted by Gasteiger charge is 2.59. The number of rotatable bonds is 2. The van der Waals surface area contributed by atoms with Crippen molar-refractivity contribution in [1.82, 2.24) is 9.88 Å². The molecule has 1 aromatic heterocycles. The summed E-state index contributed by atoms with van der Waals surface area (Å²) in [4.78, 5) is 41.6. The fourth-order valence-corrected chi connectivity index (χ4v) is 2.66. The van der Waals surface area contributed by atoms with Gasteiger partial charge in [0.15, 0.2) is 5.78 Å². The van der Waals surface area contributed by atoms with Crippen LogP contribution in [0.1, 0.15) is 45.1 Å². The number of hydrogen-bond donors (Lipinski definition) is 1. The summed E-state index contributed by atoms with van der Waals surface area (Å²) in [6.45, 7) is 8.69. The summed E-state index contributed by atoms with van der Waals surface area (Å²) < 4.78 is 0. The number of aromatic amines is 1. The first-order chi connectivity index (χ1) is 9.08. The fourth-order valence-electron chi connectivity index (χ4n) is 2.66. The van der Waals surface area contributed by atoms with Crippen LogP contribution in [0.2, 0.25) is 0 Å². The number of amides is 2. The number of hydrogen-bond acceptors (Lipinski definition) is 3. The van der Waals surface area contributed by atoms with E-state index < -0.39 is 22.8 Å². The molecule has 0 saturated carbocycles. The van der Waals surface area contributed by atoms with Gasteiger partial charge in [0, 0.05) is 11.7 Å². The van der Waals surface area contributed by atoms with Crippen molar-refractivity contribution in [2.45, 2.75) is 40.2 Å². The first-order valence-electron chi connectivity index (χ1n) is 6.64. The Hall–Kier alpha value is -1.91. The lowest BCUT2D eigenvalue weighted by molar-refractivity contribution is -0.146. The van der Waals surface area contributed by atoms with E-state index >= 15 is 0 Å². The van der Waals surface area contributed by atoms with Crippen LogP contribution in [0.15, 0.2) is 18.3 Å². The SMILES string of the molecule is CC1(C)C(=O)N(C(C)(C)C)C(=O)C1C(=O)c1ccc[nH]1. The lowest BCUT2D eigenvalue weighted by Gasteiger charge is -2.30. The Morgan fingerprint density at radius 2 is 1.90 bits per heavy atom. The van der Waals surface area contributed by atoms with E-state index in [2.05, 4.69) is 4.98 Å². The van der Waals surface area contributed by atoms with E-state index in [1.807, 2.05) is 0 Å². The zero-order valence-corrected chi connectivity index (χ0v) is 12.5. The third kappa shape index (κ3) is 1.97. The molecule has 0 aliphatic carbocycles. The lowest BCUT2D eigenvalue weighted by Crippen LogP contribution is -2.46. The van der Waals surface area contributed by atoms with Crippen molar-refractivity contribution in [2.24, 2.45) is 11.3 Å². The van der Waals surface area contributed by atoms with Gasteiger partial charge in [0.2, 0.25) is 11.8 Å². The molecule has 0 aromatic carbocycles. The molecule has 1 unspecified atom stereocenters. The summed E-state index contributed by atoms with van der Waals surface area (Å²) in [6.07, 6.45) is 1.63. The molecule has 20 heavy (non-hydrogen) atoms. The number of ketones is 1. The molecule has 0 spiro atoms. The monoisotopic (exact) mass is 276 g/mol. The second kappa shape index (κ2) is 4.30. The van der Waals surface area contributed by atoms with Gasteiger partial charge in [-0.05, 0) is 46.8 Å². The van der Waals surface area contributed by atoms with E-state index in [0.717, 1.165) is 0 Å². The van der Waals surface area contributed by atoms with E-state index in [1.54, 1.807) is 52.9 Å². The van der Waals surface area contributed by atoms with Gasteiger partial charge in [-0.15, -0.1) is 0 Å². The van der Waals surface area contributed by atoms with Crippen LogP contribution >= 0.6 is 0 Å². The van der Waals surface area contributed by atoms with Crippen molar-refractivity contribution < 1.29 is 14.4 Å². The largest absolute Gasteiger partial charge is 0.359 e. The summed E-state index contributed by atoms with van der Waals surface area (Å²) in [6, 6.07) is 3.32. The topological polar surface area (TPSA) is 70.2 Å². The predicted molar refractivity (Wildman–Crippen MR) is 74.0 cm³/mol. The Kier molecular flexibility index (Phi) is 3.11. The zero-order chi connectivity index (χ0) is 15.3. The third-order valence-corrected chi connectivity index (χ3v) is 3.74. The highest BCUT2D eigenvalue weighted by Crippen LogP contribution is 2.42. The number of likely N-dealkylation sites (tertiary alicyclic amines) is 1. The molecule has 1 N–H and O–H groups in total. The smallest absolute Gasteiger partial charge is 0.241 e. The molecule has 1 aromatic rings. The summed E-state index contributed by atoms with van der Waals surface area (Å²) in [5.74, 6) is -2.00. The highest BCUT2D eigenvalue weighted by molar-refractivity contribution is 6.20. The van der Waals surface area contributed by atoms with Crippen LogP contribution in [-0.4, -0.2) is 33.0 Å². The molecule has 108 valence electrons. The summed E-state index contributed by atoms with van der Waals surface area (Å²) in [5.41, 5.74) is -1.29. The van der Waals surface area contributed by atoms with Gasteiger partial charge in [-0.1, -0.05) is 0 Å². The Morgan fingerprint density at radius 3 is 2.30 bits per heavy atom. The molecule has 1 saturated heterocycles. The van der Waals surface area contributed by atoms with Gasteiger partial charge < -0.3 is 4.98 Å². The van der Waals surface area contributed by atoms with Crippen molar-refractivity contribution in [2.75, 3.05) is 0 Å². The second-order valence-electron chi connectivity index (χ2n) is 6.75. The first-order valence-corrected chi connectivity index (χ1v) is 6.64. The predicted octanol–water partition coefficient (Wildman–Crippen LogP) is 2.01. The molecule has 1 aliphatic heterocycles. The van der Waals surface area contributed by atoms with Gasteiger partial charge in [0.25, 0.3) is 0 Å². The van der Waals surface area contributed by atoms with E-state index in [-0.39, 0.29) is 11.7 Å². The van der Waals surface area contributed by atoms with Crippen LogP contribution in [0, 0.1) is 11.3 Å². The first kappa shape index (κ1) is 14.5. The average Bonchev–Trinajstić information content (AvgIpc) is 2.84. The van der Waals surface area contributed by atoms with E-state index in [9.17, 15) is 14.4 Å². The normalized spacial score (nSPS) is 22.4. The summed E-state index contributed by atoms with van der Waals surface area (Å²) >= 11 is 0. The van der Waals surface area contributed by atoms with Gasteiger partial charge in [0.1, 0.15) is 5.92 Å². The molecule has 1 fully saturated rings. The molecule has 5 nitrogen and oxygen atoms in total. The van der Waals surface area contributed by atoms with Crippen LogP contribution in [0.4, 0.5) is 0 Å². The minimum Gasteiger partial charge on any atom is -0.359 e. The van der Waals surface area contributed by atoms with E-state index in [4.69, 9.17) is 0 Å². The molecule has 5 heteroatoms. The number of imide groups is 1. The van der Waals surface area contributed by atoms with Crippen molar-refractivity contribution >= 4 is 17.6 Å². The van der Waals surface area contributed by atoms with Crippen LogP contribution in [0.3, 0.4) is 0 Å². The number of nitrogens with zero attached hydrogens (tertiary/aromatic N) is 1. The number of Topliss-reactive ketones (excluding diaryl/α,β-unsaturated/α-hetero) is 1. The Bertz CT molecular complexity index is 564. The van der Waals surface area contributed by atoms with Crippen molar-refractivity contribution in [1.29, 1.82) is 0 Å². The van der Waals surface area contributed by atoms with Crippen LogP contribution < -0.4 is 0 Å². The Labute approximate surface area is 118 Å². The van der Waals surface area contributed by atoms with E-state index in [0.29, 0.717) is 5.69 Å². The molecule has 1 aliphatic rings. The second-order valence-corrected chi connectivity index (χ2v) is 6.75. The molecular weight excluding hydrogens is 256 g/mol.